The van der Waals surface area contributed by atoms with Crippen molar-refractivity contribution in [2.45, 2.75) is 13.5 Å². The smallest absolute Gasteiger partial charge is 0.219 e. The molecule has 0 bridgehead atoms. The van der Waals surface area contributed by atoms with E-state index in [-0.39, 0.29) is 11.4 Å². The molecule has 0 spiro atoms. The van der Waals surface area contributed by atoms with E-state index in [1.807, 2.05) is 24.3 Å². The van der Waals surface area contributed by atoms with Crippen LogP contribution in [0.2, 0.25) is 0 Å². The lowest BCUT2D eigenvalue weighted by molar-refractivity contribution is 0.108. The molecule has 0 N–H and O–H groups in total. The molecule has 0 aliphatic carbocycles. The number of benzene rings is 2. The summed E-state index contributed by atoms with van der Waals surface area (Å²) in [5.41, 5.74) is 1.86. The van der Waals surface area contributed by atoms with Crippen molar-refractivity contribution in [3.63, 3.8) is 0 Å². The van der Waals surface area contributed by atoms with Gasteiger partial charge in [-0.25, -0.2) is 4.39 Å². The van der Waals surface area contributed by atoms with Crippen molar-refractivity contribution in [1.82, 2.24) is 20.2 Å². The third-order valence-electron chi connectivity index (χ3n) is 3.70. The minimum Gasteiger partial charge on any atom is -0.497 e. The zero-order valence-electron chi connectivity index (χ0n) is 13.6. The summed E-state index contributed by atoms with van der Waals surface area (Å²) in [5.74, 6) is 0.399. The SMILES string of the molecule is COc1ccc(Cn2nnc(-c3cc(C)c(C(=O)S)c(F)c3)n2)cc1. The number of tetrazole rings is 1. The maximum absolute atomic E-state index is 14.1. The average molecular weight is 358 g/mol. The predicted molar refractivity (Wildman–Crippen MR) is 93.4 cm³/mol. The molecule has 0 aliphatic rings. The quantitative estimate of drug-likeness (QED) is 0.710. The molecule has 0 fully saturated rings. The second-order valence-corrected chi connectivity index (χ2v) is 5.85. The summed E-state index contributed by atoms with van der Waals surface area (Å²) in [6, 6.07) is 10.3. The Labute approximate surface area is 149 Å². The van der Waals surface area contributed by atoms with Crippen LogP contribution in [0, 0.1) is 12.7 Å². The maximum Gasteiger partial charge on any atom is 0.219 e. The second-order valence-electron chi connectivity index (χ2n) is 5.45. The maximum atomic E-state index is 14.1. The Bertz CT molecular complexity index is 902. The van der Waals surface area contributed by atoms with Gasteiger partial charge in [-0.05, 0) is 47.5 Å². The van der Waals surface area contributed by atoms with Crippen LogP contribution in [0.15, 0.2) is 36.4 Å². The lowest BCUT2D eigenvalue weighted by Crippen LogP contribution is -2.04. The summed E-state index contributed by atoms with van der Waals surface area (Å²) in [5, 5.41) is 11.6. The number of carbonyl (C=O) groups excluding carboxylic acids is 1. The van der Waals surface area contributed by atoms with Crippen LogP contribution in [-0.2, 0) is 6.54 Å². The number of rotatable bonds is 5. The van der Waals surface area contributed by atoms with Crippen molar-refractivity contribution in [2.24, 2.45) is 0 Å². The Kier molecular flexibility index (Phi) is 4.80. The fourth-order valence-corrected chi connectivity index (χ4v) is 2.75. The first-order valence-electron chi connectivity index (χ1n) is 7.42. The van der Waals surface area contributed by atoms with Crippen molar-refractivity contribution in [2.75, 3.05) is 7.11 Å². The number of methoxy groups -OCH3 is 1. The summed E-state index contributed by atoms with van der Waals surface area (Å²) in [7, 11) is 1.61. The lowest BCUT2D eigenvalue weighted by atomic mass is 10.0. The Morgan fingerprint density at radius 3 is 2.60 bits per heavy atom. The molecule has 2 aromatic carbocycles. The molecule has 0 saturated carbocycles. The van der Waals surface area contributed by atoms with Gasteiger partial charge in [0.25, 0.3) is 0 Å². The lowest BCUT2D eigenvalue weighted by Gasteiger charge is -2.05. The third kappa shape index (κ3) is 3.69. The fourth-order valence-electron chi connectivity index (χ4n) is 2.46. The van der Waals surface area contributed by atoms with Gasteiger partial charge in [-0.3, -0.25) is 4.79 Å². The van der Waals surface area contributed by atoms with Crippen LogP contribution in [0.1, 0.15) is 21.5 Å². The van der Waals surface area contributed by atoms with Crippen molar-refractivity contribution in [1.29, 1.82) is 0 Å². The minimum atomic E-state index is -0.651. The zero-order chi connectivity index (χ0) is 18.0. The van der Waals surface area contributed by atoms with Gasteiger partial charge in [0.15, 0.2) is 0 Å². The number of carbonyl (C=O) groups is 1. The van der Waals surface area contributed by atoms with E-state index in [9.17, 15) is 9.18 Å². The molecule has 25 heavy (non-hydrogen) atoms. The number of aromatic nitrogens is 4. The summed E-state index contributed by atoms with van der Waals surface area (Å²) in [6.07, 6.45) is 0. The normalized spacial score (nSPS) is 10.7. The second kappa shape index (κ2) is 7.02. The minimum absolute atomic E-state index is 0.0438. The summed E-state index contributed by atoms with van der Waals surface area (Å²) < 4.78 is 19.2. The van der Waals surface area contributed by atoms with Gasteiger partial charge in [-0.1, -0.05) is 12.1 Å². The summed E-state index contributed by atoms with van der Waals surface area (Å²) in [6.45, 7) is 2.06. The predicted octanol–water partition coefficient (Wildman–Crippen LogP) is 2.91. The van der Waals surface area contributed by atoms with Crippen molar-refractivity contribution in [3.05, 3.63) is 58.9 Å². The highest BCUT2D eigenvalue weighted by atomic mass is 32.1. The van der Waals surface area contributed by atoms with Gasteiger partial charge < -0.3 is 4.74 Å². The van der Waals surface area contributed by atoms with Gasteiger partial charge in [0.2, 0.25) is 10.9 Å². The van der Waals surface area contributed by atoms with Crippen molar-refractivity contribution < 1.29 is 13.9 Å². The molecule has 3 rings (SSSR count). The number of ether oxygens (including phenoxy) is 1. The van der Waals surface area contributed by atoms with Gasteiger partial charge >= 0.3 is 0 Å². The van der Waals surface area contributed by atoms with E-state index in [0.29, 0.717) is 17.7 Å². The molecule has 0 atom stereocenters. The highest BCUT2D eigenvalue weighted by molar-refractivity contribution is 7.97. The molecule has 0 unspecified atom stereocenters. The third-order valence-corrected chi connectivity index (χ3v) is 3.92. The molecular formula is C17H15FN4O2S. The molecule has 1 aromatic heterocycles. The number of nitrogens with zero attached hydrogens (tertiary/aromatic N) is 4. The molecule has 8 heteroatoms. The van der Waals surface area contributed by atoms with Crippen LogP contribution in [-0.4, -0.2) is 32.4 Å². The van der Waals surface area contributed by atoms with Crippen LogP contribution < -0.4 is 4.74 Å². The molecule has 0 saturated heterocycles. The molecule has 128 valence electrons. The van der Waals surface area contributed by atoms with Crippen molar-refractivity contribution >= 4 is 17.7 Å². The van der Waals surface area contributed by atoms with E-state index >= 15 is 0 Å². The first kappa shape index (κ1) is 17.1. The first-order chi connectivity index (χ1) is 12.0. The molecule has 0 amide bonds. The Balaban J connectivity index is 1.84. The van der Waals surface area contributed by atoms with E-state index in [0.717, 1.165) is 11.3 Å². The van der Waals surface area contributed by atoms with Gasteiger partial charge in [0.05, 0.1) is 19.2 Å². The number of hydrogen-bond acceptors (Lipinski definition) is 5. The average Bonchev–Trinajstić information content (AvgIpc) is 3.03. The van der Waals surface area contributed by atoms with Crippen LogP contribution in [0.25, 0.3) is 11.4 Å². The zero-order valence-corrected chi connectivity index (χ0v) is 14.5. The van der Waals surface area contributed by atoms with E-state index in [1.165, 1.54) is 10.9 Å². The molecule has 0 aliphatic heterocycles. The van der Waals surface area contributed by atoms with Gasteiger partial charge in [0, 0.05) is 5.56 Å². The van der Waals surface area contributed by atoms with E-state index < -0.39 is 10.9 Å². The number of thiol groups is 1. The molecule has 0 radical (unpaired) electrons. The van der Waals surface area contributed by atoms with Crippen molar-refractivity contribution in [3.8, 4) is 17.1 Å². The number of aryl methyl sites for hydroxylation is 1. The monoisotopic (exact) mass is 358 g/mol. The van der Waals surface area contributed by atoms with E-state index in [1.54, 1.807) is 20.1 Å². The van der Waals surface area contributed by atoms with Crippen LogP contribution in [0.3, 0.4) is 0 Å². The van der Waals surface area contributed by atoms with Crippen LogP contribution in [0.5, 0.6) is 5.75 Å². The van der Waals surface area contributed by atoms with E-state index in [4.69, 9.17) is 4.74 Å². The first-order valence-corrected chi connectivity index (χ1v) is 7.87. The molecule has 3 aromatic rings. The van der Waals surface area contributed by atoms with Crippen LogP contribution in [0.4, 0.5) is 4.39 Å². The topological polar surface area (TPSA) is 69.9 Å². The standard InChI is InChI=1S/C17H15FN4O2S/c1-10-7-12(8-14(18)15(10)17(23)25)16-19-21-22(20-16)9-11-3-5-13(24-2)6-4-11/h3-8H,9H2,1-2H3,(H,23,25). The number of hydrogen-bond donors (Lipinski definition) is 1. The van der Waals surface area contributed by atoms with E-state index in [2.05, 4.69) is 28.0 Å². The molecule has 6 nitrogen and oxygen atoms in total. The Morgan fingerprint density at radius 1 is 1.28 bits per heavy atom. The highest BCUT2D eigenvalue weighted by Gasteiger charge is 2.16. The Hall–Kier alpha value is -2.74. The number of halogens is 1. The fraction of sp³-hybridized carbons (Fsp3) is 0.176. The summed E-state index contributed by atoms with van der Waals surface area (Å²) in [4.78, 5) is 12.8. The van der Waals surface area contributed by atoms with Gasteiger partial charge in [0.1, 0.15) is 11.6 Å². The molecular weight excluding hydrogens is 343 g/mol. The van der Waals surface area contributed by atoms with Crippen LogP contribution >= 0.6 is 12.6 Å². The molecule has 1 heterocycles. The largest absolute Gasteiger partial charge is 0.497 e. The van der Waals surface area contributed by atoms with Gasteiger partial charge in [-0.15, -0.1) is 22.8 Å². The Morgan fingerprint density at radius 2 is 2.00 bits per heavy atom. The summed E-state index contributed by atoms with van der Waals surface area (Å²) >= 11 is 3.69. The highest BCUT2D eigenvalue weighted by Crippen LogP contribution is 2.23. The van der Waals surface area contributed by atoms with Gasteiger partial charge in [-0.2, -0.15) is 4.80 Å².